The third kappa shape index (κ3) is 5.33. The molecule has 0 bridgehead atoms. The van der Waals surface area contributed by atoms with Gasteiger partial charge in [0, 0.05) is 25.3 Å². The lowest BCUT2D eigenvalue weighted by Crippen LogP contribution is -2.49. The summed E-state index contributed by atoms with van der Waals surface area (Å²) in [6.07, 6.45) is 0.0625. The molecule has 1 saturated heterocycles. The normalized spacial score (nSPS) is 19.1. The molecule has 0 saturated carbocycles. The van der Waals surface area contributed by atoms with Crippen molar-refractivity contribution in [3.05, 3.63) is 65.7 Å². The van der Waals surface area contributed by atoms with Crippen LogP contribution in [0.1, 0.15) is 29.8 Å². The van der Waals surface area contributed by atoms with Crippen molar-refractivity contribution in [2.45, 2.75) is 32.6 Å². The molecule has 1 fully saturated rings. The van der Waals surface area contributed by atoms with Crippen LogP contribution in [0.3, 0.4) is 0 Å². The maximum atomic E-state index is 12.6. The highest BCUT2D eigenvalue weighted by Crippen LogP contribution is 2.16. The lowest BCUT2D eigenvalue weighted by Gasteiger charge is -2.35. The van der Waals surface area contributed by atoms with Crippen molar-refractivity contribution in [3.63, 3.8) is 0 Å². The predicted octanol–water partition coefficient (Wildman–Crippen LogP) is 2.66. The van der Waals surface area contributed by atoms with Gasteiger partial charge < -0.3 is 20.3 Å². The molecule has 0 spiro atoms. The monoisotopic (exact) mass is 381 g/mol. The van der Waals surface area contributed by atoms with Crippen LogP contribution in [0.2, 0.25) is 0 Å². The molecule has 2 atom stereocenters. The van der Waals surface area contributed by atoms with Crippen LogP contribution < -0.4 is 10.6 Å². The summed E-state index contributed by atoms with van der Waals surface area (Å²) in [4.78, 5) is 27.0. The summed E-state index contributed by atoms with van der Waals surface area (Å²) in [7, 11) is 0. The van der Waals surface area contributed by atoms with Gasteiger partial charge in [0.15, 0.2) is 0 Å². The van der Waals surface area contributed by atoms with Crippen molar-refractivity contribution in [2.75, 3.05) is 25.0 Å². The fraction of sp³-hybridized carbons (Fsp3) is 0.364. The van der Waals surface area contributed by atoms with E-state index in [1.807, 2.05) is 67.3 Å². The summed E-state index contributed by atoms with van der Waals surface area (Å²) in [5.74, 6) is -0.172. The Kier molecular flexibility index (Phi) is 6.66. The van der Waals surface area contributed by atoms with E-state index in [0.717, 1.165) is 5.56 Å². The van der Waals surface area contributed by atoms with Gasteiger partial charge in [0.05, 0.1) is 24.3 Å². The van der Waals surface area contributed by atoms with E-state index < -0.39 is 0 Å². The Balaban J connectivity index is 1.59. The van der Waals surface area contributed by atoms with E-state index in [0.29, 0.717) is 30.9 Å². The Morgan fingerprint density at radius 1 is 1.00 bits per heavy atom. The largest absolute Gasteiger partial charge is 0.376 e. The van der Waals surface area contributed by atoms with Gasteiger partial charge in [0.1, 0.15) is 0 Å². The Morgan fingerprint density at radius 3 is 2.36 bits per heavy atom. The molecule has 2 aromatic carbocycles. The Morgan fingerprint density at radius 2 is 1.64 bits per heavy atom. The Bertz CT molecular complexity index is 800. The van der Waals surface area contributed by atoms with E-state index in [1.54, 1.807) is 6.07 Å². The second kappa shape index (κ2) is 9.37. The second-order valence-corrected chi connectivity index (χ2v) is 7.12. The number of amides is 2. The second-order valence-electron chi connectivity index (χ2n) is 7.12. The zero-order chi connectivity index (χ0) is 19.9. The number of hydrogen-bond donors (Lipinski definition) is 2. The highest BCUT2D eigenvalue weighted by molar-refractivity contribution is 6.00. The van der Waals surface area contributed by atoms with Gasteiger partial charge in [-0.25, -0.2) is 0 Å². The molecule has 0 radical (unpaired) electrons. The van der Waals surface area contributed by atoms with Crippen molar-refractivity contribution in [3.8, 4) is 0 Å². The number of carbonyl (C=O) groups excluding carboxylic acids is 2. The molecule has 2 unspecified atom stereocenters. The molecule has 148 valence electrons. The van der Waals surface area contributed by atoms with Crippen LogP contribution in [0.15, 0.2) is 54.6 Å². The smallest absolute Gasteiger partial charge is 0.253 e. The quantitative estimate of drug-likeness (QED) is 0.807. The summed E-state index contributed by atoms with van der Waals surface area (Å²) < 4.78 is 5.68. The molecule has 1 aliphatic heterocycles. The lowest BCUT2D eigenvalue weighted by atomic mass is 10.1. The minimum atomic E-state index is -0.173. The number of ether oxygens (including phenoxy) is 1. The average Bonchev–Trinajstić information content (AvgIpc) is 2.70. The first-order valence-electron chi connectivity index (χ1n) is 9.61. The molecule has 28 heavy (non-hydrogen) atoms. The standard InChI is InChI=1S/C22H27N3O3/c1-16-14-25(15-17(2)28-16)21(26)13-23-20-11-7-6-10-19(20)22(27)24-12-18-8-4-3-5-9-18/h3-11,16-17,23H,12-15H2,1-2H3,(H,24,27). The van der Waals surface area contributed by atoms with Crippen molar-refractivity contribution in [1.29, 1.82) is 0 Å². The zero-order valence-corrected chi connectivity index (χ0v) is 16.4. The fourth-order valence-electron chi connectivity index (χ4n) is 3.37. The van der Waals surface area contributed by atoms with Gasteiger partial charge in [-0.2, -0.15) is 0 Å². The molecule has 6 nitrogen and oxygen atoms in total. The summed E-state index contributed by atoms with van der Waals surface area (Å²) in [6, 6.07) is 17.0. The molecular weight excluding hydrogens is 354 g/mol. The number of anilines is 1. The van der Waals surface area contributed by atoms with Crippen LogP contribution in [-0.2, 0) is 16.1 Å². The van der Waals surface area contributed by atoms with E-state index in [2.05, 4.69) is 10.6 Å². The van der Waals surface area contributed by atoms with Crippen LogP contribution in [0, 0.1) is 0 Å². The minimum Gasteiger partial charge on any atom is -0.376 e. The van der Waals surface area contributed by atoms with Crippen LogP contribution in [-0.4, -0.2) is 48.6 Å². The van der Waals surface area contributed by atoms with Gasteiger partial charge in [-0.1, -0.05) is 42.5 Å². The van der Waals surface area contributed by atoms with Crippen molar-refractivity contribution < 1.29 is 14.3 Å². The first-order chi connectivity index (χ1) is 13.5. The molecule has 2 aromatic rings. The van der Waals surface area contributed by atoms with Gasteiger partial charge >= 0.3 is 0 Å². The number of nitrogens with one attached hydrogen (secondary N) is 2. The fourth-order valence-corrected chi connectivity index (χ4v) is 3.37. The molecule has 0 aromatic heterocycles. The molecule has 3 rings (SSSR count). The van der Waals surface area contributed by atoms with Crippen LogP contribution >= 0.6 is 0 Å². The predicted molar refractivity (Wildman–Crippen MR) is 109 cm³/mol. The number of morpholine rings is 1. The molecule has 2 N–H and O–H groups in total. The summed E-state index contributed by atoms with van der Waals surface area (Å²) in [5, 5.41) is 6.05. The number of nitrogens with zero attached hydrogens (tertiary/aromatic N) is 1. The van der Waals surface area contributed by atoms with Gasteiger partial charge in [0.2, 0.25) is 5.91 Å². The first kappa shape index (κ1) is 19.9. The number of rotatable bonds is 6. The number of benzene rings is 2. The topological polar surface area (TPSA) is 70.7 Å². The van der Waals surface area contributed by atoms with Gasteiger partial charge in [-0.15, -0.1) is 0 Å². The highest BCUT2D eigenvalue weighted by atomic mass is 16.5. The summed E-state index contributed by atoms with van der Waals surface area (Å²) in [5.41, 5.74) is 2.21. The number of hydrogen-bond acceptors (Lipinski definition) is 4. The van der Waals surface area contributed by atoms with Crippen LogP contribution in [0.4, 0.5) is 5.69 Å². The number of carbonyl (C=O) groups is 2. The summed E-state index contributed by atoms with van der Waals surface area (Å²) >= 11 is 0. The lowest BCUT2D eigenvalue weighted by molar-refractivity contribution is -0.141. The van der Waals surface area contributed by atoms with E-state index in [9.17, 15) is 9.59 Å². The molecule has 6 heteroatoms. The maximum absolute atomic E-state index is 12.6. The molecule has 1 heterocycles. The van der Waals surface area contributed by atoms with Crippen LogP contribution in [0.5, 0.6) is 0 Å². The first-order valence-corrected chi connectivity index (χ1v) is 9.61. The zero-order valence-electron chi connectivity index (χ0n) is 16.4. The highest BCUT2D eigenvalue weighted by Gasteiger charge is 2.25. The number of para-hydroxylation sites is 1. The van der Waals surface area contributed by atoms with E-state index in [4.69, 9.17) is 4.74 Å². The van der Waals surface area contributed by atoms with Crippen molar-refractivity contribution in [2.24, 2.45) is 0 Å². The van der Waals surface area contributed by atoms with Crippen molar-refractivity contribution in [1.82, 2.24) is 10.2 Å². The van der Waals surface area contributed by atoms with E-state index >= 15 is 0 Å². The minimum absolute atomic E-state index is 0.00139. The van der Waals surface area contributed by atoms with E-state index in [1.165, 1.54) is 0 Å². The maximum Gasteiger partial charge on any atom is 0.253 e. The molecule has 0 aliphatic carbocycles. The van der Waals surface area contributed by atoms with Crippen LogP contribution in [0.25, 0.3) is 0 Å². The summed E-state index contributed by atoms with van der Waals surface area (Å²) in [6.45, 7) is 5.71. The van der Waals surface area contributed by atoms with Gasteiger partial charge in [-0.05, 0) is 31.5 Å². The molecular formula is C22H27N3O3. The van der Waals surface area contributed by atoms with Crippen molar-refractivity contribution >= 4 is 17.5 Å². The third-order valence-corrected chi connectivity index (χ3v) is 4.67. The average molecular weight is 381 g/mol. The third-order valence-electron chi connectivity index (χ3n) is 4.67. The van der Waals surface area contributed by atoms with Gasteiger partial charge in [-0.3, -0.25) is 9.59 Å². The van der Waals surface area contributed by atoms with Gasteiger partial charge in [0.25, 0.3) is 5.91 Å². The van der Waals surface area contributed by atoms with E-state index in [-0.39, 0.29) is 30.6 Å². The molecule has 1 aliphatic rings. The Hall–Kier alpha value is -2.86. The Labute approximate surface area is 165 Å². The molecule has 2 amide bonds. The SMILES string of the molecule is CC1CN(C(=O)CNc2ccccc2C(=O)NCc2ccccc2)CC(C)O1.